The monoisotopic (exact) mass is 474 g/mol. The molecule has 0 saturated carbocycles. The highest BCUT2D eigenvalue weighted by Gasteiger charge is 2.12. The zero-order valence-corrected chi connectivity index (χ0v) is 18.0. The van der Waals surface area contributed by atoms with Gasteiger partial charge in [0.2, 0.25) is 0 Å². The van der Waals surface area contributed by atoms with Crippen molar-refractivity contribution in [1.82, 2.24) is 15.1 Å². The summed E-state index contributed by atoms with van der Waals surface area (Å²) in [5.41, 5.74) is 0.937. The summed E-state index contributed by atoms with van der Waals surface area (Å²) in [5.74, 6) is 4.36. The lowest BCUT2D eigenvalue weighted by molar-refractivity contribution is 0.304. The molecule has 2 aromatic rings. The Morgan fingerprint density at radius 2 is 2.08 bits per heavy atom. The van der Waals surface area contributed by atoms with Gasteiger partial charge in [-0.3, -0.25) is 9.89 Å². The molecule has 0 amide bonds. The molecular weight excluding hydrogens is 447 g/mol. The number of hydrogen-bond donors (Lipinski definition) is 1. The van der Waals surface area contributed by atoms with Crippen molar-refractivity contribution in [3.63, 3.8) is 0 Å². The van der Waals surface area contributed by atoms with E-state index in [1.54, 1.807) is 0 Å². The summed E-state index contributed by atoms with van der Waals surface area (Å²) in [6, 6.07) is 10.2. The first-order chi connectivity index (χ1) is 11.8. The zero-order chi connectivity index (χ0) is 16.8. The maximum atomic E-state index is 5.90. The summed E-state index contributed by atoms with van der Waals surface area (Å²) in [6.07, 6.45) is 0. The zero-order valence-electron chi connectivity index (χ0n) is 14.9. The minimum atomic E-state index is 0. The quantitative estimate of drug-likeness (QED) is 0.410. The van der Waals surface area contributed by atoms with Gasteiger partial charge in [0.05, 0.1) is 6.54 Å². The number of rotatable bonds is 5. The SMILES string of the molecule is CN=C(NCCN1CCSCC1)N(C)Cc1cc2ccccc2o1.I. The Morgan fingerprint density at radius 3 is 2.80 bits per heavy atom. The summed E-state index contributed by atoms with van der Waals surface area (Å²) in [6.45, 7) is 5.08. The van der Waals surface area contributed by atoms with E-state index < -0.39 is 0 Å². The van der Waals surface area contributed by atoms with Crippen molar-refractivity contribution in [3.8, 4) is 0 Å². The van der Waals surface area contributed by atoms with Crippen LogP contribution in [0.3, 0.4) is 0 Å². The average molecular weight is 474 g/mol. The van der Waals surface area contributed by atoms with Gasteiger partial charge < -0.3 is 14.6 Å². The highest BCUT2D eigenvalue weighted by atomic mass is 127. The number of furan rings is 1. The molecule has 1 saturated heterocycles. The molecule has 0 atom stereocenters. The molecule has 1 N–H and O–H groups in total. The molecular formula is C18H27IN4OS. The Bertz CT molecular complexity index is 652. The van der Waals surface area contributed by atoms with E-state index in [2.05, 4.69) is 32.2 Å². The molecule has 5 nitrogen and oxygen atoms in total. The van der Waals surface area contributed by atoms with Crippen molar-refractivity contribution in [3.05, 3.63) is 36.1 Å². The Morgan fingerprint density at radius 1 is 1.32 bits per heavy atom. The summed E-state index contributed by atoms with van der Waals surface area (Å²) < 4.78 is 5.90. The first-order valence-corrected chi connectivity index (χ1v) is 9.61. The van der Waals surface area contributed by atoms with Crippen molar-refractivity contribution >= 4 is 52.7 Å². The third-order valence-corrected chi connectivity index (χ3v) is 5.20. The number of guanidine groups is 1. The van der Waals surface area contributed by atoms with Gasteiger partial charge in [-0.25, -0.2) is 0 Å². The van der Waals surface area contributed by atoms with Crippen LogP contribution >= 0.6 is 35.7 Å². The van der Waals surface area contributed by atoms with E-state index >= 15 is 0 Å². The van der Waals surface area contributed by atoms with E-state index in [0.717, 1.165) is 35.8 Å². The van der Waals surface area contributed by atoms with E-state index in [0.29, 0.717) is 6.54 Å². The molecule has 1 aromatic carbocycles. The highest BCUT2D eigenvalue weighted by molar-refractivity contribution is 14.0. The second-order valence-corrected chi connectivity index (χ2v) is 7.26. The maximum Gasteiger partial charge on any atom is 0.193 e. The van der Waals surface area contributed by atoms with Crippen molar-refractivity contribution < 1.29 is 4.42 Å². The van der Waals surface area contributed by atoms with Gasteiger partial charge in [-0.05, 0) is 12.1 Å². The predicted molar refractivity (Wildman–Crippen MR) is 118 cm³/mol. The highest BCUT2D eigenvalue weighted by Crippen LogP contribution is 2.19. The molecule has 138 valence electrons. The molecule has 0 aliphatic carbocycles. The summed E-state index contributed by atoms with van der Waals surface area (Å²) >= 11 is 2.05. The first-order valence-electron chi connectivity index (χ1n) is 8.45. The van der Waals surface area contributed by atoms with E-state index in [4.69, 9.17) is 4.42 Å². The number of nitrogens with zero attached hydrogens (tertiary/aromatic N) is 3. The fourth-order valence-electron chi connectivity index (χ4n) is 2.96. The summed E-state index contributed by atoms with van der Waals surface area (Å²) in [4.78, 5) is 9.00. The lowest BCUT2D eigenvalue weighted by Gasteiger charge is -2.27. The van der Waals surface area contributed by atoms with Crippen LogP contribution < -0.4 is 5.32 Å². The van der Waals surface area contributed by atoms with Crippen LogP contribution in [0.5, 0.6) is 0 Å². The molecule has 2 heterocycles. The van der Waals surface area contributed by atoms with Gasteiger partial charge >= 0.3 is 0 Å². The first kappa shape index (κ1) is 20.4. The second-order valence-electron chi connectivity index (χ2n) is 6.03. The minimum absolute atomic E-state index is 0. The van der Waals surface area contributed by atoms with Crippen LogP contribution in [0.4, 0.5) is 0 Å². The van der Waals surface area contributed by atoms with E-state index in [1.807, 2.05) is 44.1 Å². The Balaban J connectivity index is 0.00000225. The molecule has 1 aliphatic heterocycles. The Kier molecular flexibility index (Phi) is 8.38. The molecule has 0 radical (unpaired) electrons. The van der Waals surface area contributed by atoms with Gasteiger partial charge in [-0.2, -0.15) is 11.8 Å². The van der Waals surface area contributed by atoms with Gasteiger partial charge in [0.15, 0.2) is 5.96 Å². The fraction of sp³-hybridized carbons (Fsp3) is 0.500. The van der Waals surface area contributed by atoms with Crippen LogP contribution in [0.1, 0.15) is 5.76 Å². The standard InChI is InChI=1S/C18H26N4OS.HI/c1-19-18(20-7-8-22-9-11-24-12-10-22)21(2)14-16-13-15-5-3-4-6-17(15)23-16;/h3-6,13H,7-12,14H2,1-2H3,(H,19,20);1H. The number of nitrogens with one attached hydrogen (secondary N) is 1. The lowest BCUT2D eigenvalue weighted by atomic mass is 10.2. The van der Waals surface area contributed by atoms with Gasteiger partial charge in [0.1, 0.15) is 11.3 Å². The van der Waals surface area contributed by atoms with Crippen LogP contribution in [-0.2, 0) is 6.54 Å². The van der Waals surface area contributed by atoms with E-state index in [1.165, 1.54) is 24.6 Å². The number of fused-ring (bicyclic) bond motifs is 1. The van der Waals surface area contributed by atoms with Crippen molar-refractivity contribution in [1.29, 1.82) is 0 Å². The number of benzene rings is 1. The molecule has 7 heteroatoms. The topological polar surface area (TPSA) is 44.0 Å². The van der Waals surface area contributed by atoms with E-state index in [-0.39, 0.29) is 24.0 Å². The van der Waals surface area contributed by atoms with Gasteiger partial charge in [0.25, 0.3) is 0 Å². The molecule has 25 heavy (non-hydrogen) atoms. The minimum Gasteiger partial charge on any atom is -0.459 e. The predicted octanol–water partition coefficient (Wildman–Crippen LogP) is 3.11. The molecule has 0 spiro atoms. The summed E-state index contributed by atoms with van der Waals surface area (Å²) in [5, 5.41) is 4.60. The van der Waals surface area contributed by atoms with Crippen LogP contribution in [0, 0.1) is 0 Å². The Labute approximate surface area is 171 Å². The van der Waals surface area contributed by atoms with Gasteiger partial charge in [-0.15, -0.1) is 24.0 Å². The lowest BCUT2D eigenvalue weighted by Crippen LogP contribution is -2.43. The normalized spacial score (nSPS) is 15.8. The number of para-hydroxylation sites is 1. The molecule has 1 aliphatic rings. The molecule has 0 unspecified atom stereocenters. The van der Waals surface area contributed by atoms with Crippen LogP contribution in [0.2, 0.25) is 0 Å². The van der Waals surface area contributed by atoms with Crippen molar-refractivity contribution in [2.45, 2.75) is 6.54 Å². The van der Waals surface area contributed by atoms with Gasteiger partial charge in [0, 0.05) is 57.2 Å². The van der Waals surface area contributed by atoms with E-state index in [9.17, 15) is 0 Å². The van der Waals surface area contributed by atoms with Crippen molar-refractivity contribution in [2.75, 3.05) is 51.8 Å². The Hall–Kier alpha value is -0.930. The maximum absolute atomic E-state index is 5.90. The summed E-state index contributed by atoms with van der Waals surface area (Å²) in [7, 11) is 3.87. The molecule has 3 rings (SSSR count). The van der Waals surface area contributed by atoms with Crippen LogP contribution in [0.25, 0.3) is 11.0 Å². The second kappa shape index (κ2) is 10.3. The van der Waals surface area contributed by atoms with Crippen LogP contribution in [0.15, 0.2) is 39.7 Å². The van der Waals surface area contributed by atoms with Crippen molar-refractivity contribution in [2.24, 2.45) is 4.99 Å². The van der Waals surface area contributed by atoms with Gasteiger partial charge in [-0.1, -0.05) is 18.2 Å². The number of thioether (sulfide) groups is 1. The fourth-order valence-corrected chi connectivity index (χ4v) is 3.94. The molecule has 1 fully saturated rings. The third kappa shape index (κ3) is 5.79. The number of halogens is 1. The van der Waals surface area contributed by atoms with Crippen LogP contribution in [-0.4, -0.2) is 67.5 Å². The smallest absolute Gasteiger partial charge is 0.193 e. The average Bonchev–Trinajstić information content (AvgIpc) is 3.01. The molecule has 1 aromatic heterocycles. The third-order valence-electron chi connectivity index (χ3n) is 4.26. The largest absolute Gasteiger partial charge is 0.459 e. The number of aliphatic imine (C=N–C) groups is 1. The number of hydrogen-bond acceptors (Lipinski definition) is 4. The molecule has 0 bridgehead atoms.